The number of rotatable bonds is 6. The lowest BCUT2D eigenvalue weighted by atomic mass is 9.90. The van der Waals surface area contributed by atoms with Gasteiger partial charge in [0.2, 0.25) is 0 Å². The number of carbonyl (C=O) groups is 2. The van der Waals surface area contributed by atoms with E-state index in [4.69, 9.17) is 10.00 Å². The van der Waals surface area contributed by atoms with Gasteiger partial charge < -0.3 is 10.1 Å². The van der Waals surface area contributed by atoms with Crippen molar-refractivity contribution in [1.29, 1.82) is 5.26 Å². The molecule has 0 aliphatic heterocycles. The van der Waals surface area contributed by atoms with Crippen molar-refractivity contribution in [3.8, 4) is 6.07 Å². The average molecular weight is 397 g/mol. The molecule has 1 atom stereocenters. The molecule has 24 heavy (non-hydrogen) atoms. The van der Waals surface area contributed by atoms with Crippen LogP contribution in [0.5, 0.6) is 0 Å². The zero-order chi connectivity index (χ0) is 18.3. The van der Waals surface area contributed by atoms with Crippen molar-refractivity contribution in [3.63, 3.8) is 0 Å². The van der Waals surface area contributed by atoms with Crippen LogP contribution in [0.1, 0.15) is 26.3 Å². The summed E-state index contributed by atoms with van der Waals surface area (Å²) in [7, 11) is 0. The van der Waals surface area contributed by atoms with Crippen LogP contribution < -0.4 is 5.32 Å². The molecule has 1 aromatic carbocycles. The standard InChI is InChI=1S/C17H18BrFN2O3/c1-11(2)17(3,10-20)21-15(22)9-24-16(23)7-4-12-8-13(18)5-6-14(12)19/h4-8,11H,9H2,1-3H3,(H,21,22)/b7-4+/t17-/m1/s1. The second kappa shape index (κ2) is 8.60. The number of hydrogen-bond donors (Lipinski definition) is 1. The van der Waals surface area contributed by atoms with Gasteiger partial charge in [0.05, 0.1) is 6.07 Å². The quantitative estimate of drug-likeness (QED) is 0.591. The first-order valence-corrected chi connectivity index (χ1v) is 7.99. The van der Waals surface area contributed by atoms with Crippen LogP contribution in [0.15, 0.2) is 28.7 Å². The summed E-state index contributed by atoms with van der Waals surface area (Å²) in [5.74, 6) is -1.96. The van der Waals surface area contributed by atoms with E-state index in [1.165, 1.54) is 24.3 Å². The Morgan fingerprint density at radius 3 is 2.75 bits per heavy atom. The van der Waals surface area contributed by atoms with Crippen molar-refractivity contribution in [2.45, 2.75) is 26.3 Å². The summed E-state index contributed by atoms with van der Waals surface area (Å²) < 4.78 is 19.0. The van der Waals surface area contributed by atoms with E-state index in [-0.39, 0.29) is 11.5 Å². The third-order valence-corrected chi connectivity index (χ3v) is 3.98. The summed E-state index contributed by atoms with van der Waals surface area (Å²) in [5.41, 5.74) is -0.832. The Bertz CT molecular complexity index is 698. The monoisotopic (exact) mass is 396 g/mol. The lowest BCUT2D eigenvalue weighted by molar-refractivity contribution is -0.144. The Hall–Kier alpha value is -2.20. The molecule has 0 spiro atoms. The fraction of sp³-hybridized carbons (Fsp3) is 0.353. The zero-order valence-electron chi connectivity index (χ0n) is 13.6. The van der Waals surface area contributed by atoms with Gasteiger partial charge in [-0.3, -0.25) is 4.79 Å². The van der Waals surface area contributed by atoms with E-state index in [1.54, 1.807) is 20.8 Å². The van der Waals surface area contributed by atoms with Gasteiger partial charge in [-0.15, -0.1) is 0 Å². The molecule has 1 amide bonds. The molecule has 0 saturated carbocycles. The Labute approximate surface area is 148 Å². The summed E-state index contributed by atoms with van der Waals surface area (Å²) in [6, 6.07) is 6.33. The van der Waals surface area contributed by atoms with Crippen LogP contribution in [0, 0.1) is 23.1 Å². The molecule has 0 fully saturated rings. The van der Waals surface area contributed by atoms with Gasteiger partial charge in [-0.25, -0.2) is 9.18 Å². The second-order valence-electron chi connectivity index (χ2n) is 5.62. The van der Waals surface area contributed by atoms with Crippen molar-refractivity contribution in [1.82, 2.24) is 5.32 Å². The van der Waals surface area contributed by atoms with Crippen LogP contribution in [0.2, 0.25) is 0 Å². The lowest BCUT2D eigenvalue weighted by Gasteiger charge is -2.27. The third-order valence-electron chi connectivity index (χ3n) is 3.49. The molecule has 7 heteroatoms. The maximum absolute atomic E-state index is 13.5. The summed E-state index contributed by atoms with van der Waals surface area (Å²) >= 11 is 3.20. The highest BCUT2D eigenvalue weighted by molar-refractivity contribution is 9.10. The highest BCUT2D eigenvalue weighted by atomic mass is 79.9. The van der Waals surface area contributed by atoms with Crippen molar-refractivity contribution in [2.75, 3.05) is 6.61 Å². The molecule has 0 heterocycles. The summed E-state index contributed by atoms with van der Waals surface area (Å²) in [6.07, 6.45) is 2.29. The van der Waals surface area contributed by atoms with Crippen LogP contribution in [0.25, 0.3) is 6.08 Å². The van der Waals surface area contributed by atoms with Crippen LogP contribution in [-0.2, 0) is 14.3 Å². The Kier molecular flexibility index (Phi) is 7.11. The van der Waals surface area contributed by atoms with Crippen molar-refractivity contribution in [2.24, 2.45) is 5.92 Å². The van der Waals surface area contributed by atoms with E-state index in [2.05, 4.69) is 21.2 Å². The topological polar surface area (TPSA) is 79.2 Å². The first-order valence-electron chi connectivity index (χ1n) is 7.20. The van der Waals surface area contributed by atoms with Crippen LogP contribution >= 0.6 is 15.9 Å². The van der Waals surface area contributed by atoms with Crippen LogP contribution in [0.3, 0.4) is 0 Å². The SMILES string of the molecule is CC(C)[C@@](C)(C#N)NC(=O)COC(=O)/C=C/c1cc(Br)ccc1F. The summed E-state index contributed by atoms with van der Waals surface area (Å²) in [6.45, 7) is 4.66. The van der Waals surface area contributed by atoms with Gasteiger partial charge in [0.25, 0.3) is 5.91 Å². The minimum absolute atomic E-state index is 0.110. The van der Waals surface area contributed by atoms with Gasteiger partial charge in [-0.1, -0.05) is 29.8 Å². The first kappa shape index (κ1) is 19.8. The van der Waals surface area contributed by atoms with Crippen molar-refractivity contribution < 1.29 is 18.7 Å². The largest absolute Gasteiger partial charge is 0.452 e. The number of nitriles is 1. The maximum atomic E-state index is 13.5. The van der Waals surface area contributed by atoms with Crippen LogP contribution in [0.4, 0.5) is 4.39 Å². The predicted octanol–water partition coefficient (Wildman–Crippen LogP) is 3.20. The van der Waals surface area contributed by atoms with Gasteiger partial charge in [-0.2, -0.15) is 5.26 Å². The van der Waals surface area contributed by atoms with Gasteiger partial charge in [0.15, 0.2) is 6.61 Å². The molecule has 0 aliphatic rings. The fourth-order valence-electron chi connectivity index (χ4n) is 1.61. The van der Waals surface area contributed by atoms with Gasteiger partial charge >= 0.3 is 5.97 Å². The van der Waals surface area contributed by atoms with Crippen molar-refractivity contribution in [3.05, 3.63) is 40.1 Å². The molecule has 0 saturated heterocycles. The zero-order valence-corrected chi connectivity index (χ0v) is 15.2. The number of nitrogens with zero attached hydrogens (tertiary/aromatic N) is 1. The Morgan fingerprint density at radius 2 is 2.17 bits per heavy atom. The molecular weight excluding hydrogens is 379 g/mol. The number of hydrogen-bond acceptors (Lipinski definition) is 4. The molecule has 128 valence electrons. The number of nitrogens with one attached hydrogen (secondary N) is 1. The third kappa shape index (κ3) is 5.78. The van der Waals surface area contributed by atoms with E-state index >= 15 is 0 Å². The minimum atomic E-state index is -1.04. The first-order chi connectivity index (χ1) is 11.2. The molecule has 1 N–H and O–H groups in total. The number of esters is 1. The fourth-order valence-corrected chi connectivity index (χ4v) is 1.99. The maximum Gasteiger partial charge on any atom is 0.331 e. The Morgan fingerprint density at radius 1 is 1.50 bits per heavy atom. The van der Waals surface area contributed by atoms with Gasteiger partial charge in [0.1, 0.15) is 11.4 Å². The molecule has 0 aromatic heterocycles. The Balaban J connectivity index is 2.57. The summed E-state index contributed by atoms with van der Waals surface area (Å²) in [5, 5.41) is 11.6. The molecule has 0 bridgehead atoms. The number of ether oxygens (including phenoxy) is 1. The van der Waals surface area contributed by atoms with E-state index in [1.807, 2.05) is 6.07 Å². The smallest absolute Gasteiger partial charge is 0.331 e. The number of benzene rings is 1. The van der Waals surface area contributed by atoms with E-state index in [0.29, 0.717) is 4.47 Å². The summed E-state index contributed by atoms with van der Waals surface area (Å²) in [4.78, 5) is 23.4. The van der Waals surface area contributed by atoms with Gasteiger partial charge in [-0.05, 0) is 37.1 Å². The number of halogens is 2. The molecular formula is C17H18BrFN2O3. The van der Waals surface area contributed by atoms with Crippen molar-refractivity contribution >= 4 is 33.9 Å². The van der Waals surface area contributed by atoms with E-state index in [0.717, 1.165) is 6.08 Å². The number of amides is 1. The molecule has 5 nitrogen and oxygen atoms in total. The molecule has 0 radical (unpaired) electrons. The highest BCUT2D eigenvalue weighted by Gasteiger charge is 2.30. The normalized spacial score (nSPS) is 13.4. The average Bonchev–Trinajstić information content (AvgIpc) is 2.53. The van der Waals surface area contributed by atoms with Crippen LogP contribution in [-0.4, -0.2) is 24.0 Å². The lowest BCUT2D eigenvalue weighted by Crippen LogP contribution is -2.50. The number of carbonyl (C=O) groups excluding carboxylic acids is 2. The molecule has 1 aromatic rings. The highest BCUT2D eigenvalue weighted by Crippen LogP contribution is 2.17. The molecule has 0 unspecified atom stereocenters. The van der Waals surface area contributed by atoms with E-state index < -0.39 is 29.8 Å². The molecule has 1 rings (SSSR count). The van der Waals surface area contributed by atoms with E-state index in [9.17, 15) is 14.0 Å². The second-order valence-corrected chi connectivity index (χ2v) is 6.54. The van der Waals surface area contributed by atoms with Gasteiger partial charge in [0, 0.05) is 16.1 Å². The predicted molar refractivity (Wildman–Crippen MR) is 91.1 cm³/mol. The molecule has 0 aliphatic carbocycles. The minimum Gasteiger partial charge on any atom is -0.452 e.